The van der Waals surface area contributed by atoms with Gasteiger partial charge in [0.15, 0.2) is 0 Å². The predicted octanol–water partition coefficient (Wildman–Crippen LogP) is 4.55. The summed E-state index contributed by atoms with van der Waals surface area (Å²) in [6, 6.07) is 13.6. The van der Waals surface area contributed by atoms with E-state index in [4.69, 9.17) is 0 Å². The molecule has 0 aliphatic carbocycles. The Kier molecular flexibility index (Phi) is 5.04. The topological polar surface area (TPSA) is 32.3 Å². The lowest BCUT2D eigenvalue weighted by Gasteiger charge is -2.46. The van der Waals surface area contributed by atoms with Gasteiger partial charge in [-0.15, -0.1) is 0 Å². The lowest BCUT2D eigenvalue weighted by molar-refractivity contribution is -0.137. The molecule has 2 heterocycles. The number of nitrogens with one attached hydrogen (secondary N) is 1. The Balaban J connectivity index is 1.58. The molecule has 0 saturated carbocycles. The molecule has 0 spiro atoms. The number of benzene rings is 2. The van der Waals surface area contributed by atoms with Crippen molar-refractivity contribution in [3.63, 3.8) is 0 Å². The van der Waals surface area contributed by atoms with Crippen LogP contribution in [0.15, 0.2) is 48.5 Å². The highest BCUT2D eigenvalue weighted by Crippen LogP contribution is 2.41. The van der Waals surface area contributed by atoms with E-state index in [1.54, 1.807) is 6.07 Å². The Bertz CT molecular complexity index is 851. The smallest absolute Gasteiger partial charge is 0.368 e. The van der Waals surface area contributed by atoms with Crippen LogP contribution in [0.1, 0.15) is 36.0 Å². The van der Waals surface area contributed by atoms with Gasteiger partial charge in [0.25, 0.3) is 0 Å². The molecule has 1 saturated heterocycles. The van der Waals surface area contributed by atoms with Crippen LogP contribution in [0, 0.1) is 5.92 Å². The van der Waals surface area contributed by atoms with Crippen molar-refractivity contribution < 1.29 is 18.0 Å². The van der Waals surface area contributed by atoms with Crippen molar-refractivity contribution in [1.82, 2.24) is 5.32 Å². The lowest BCUT2D eigenvalue weighted by atomic mass is 9.80. The average molecular weight is 388 g/mol. The molecule has 2 atom stereocenters. The number of carbonyl (C=O) groups excluding carboxylic acids is 1. The maximum Gasteiger partial charge on any atom is 0.416 e. The minimum atomic E-state index is -4.38. The van der Waals surface area contributed by atoms with Gasteiger partial charge in [0.1, 0.15) is 0 Å². The third-order valence-electron chi connectivity index (χ3n) is 5.82. The molecule has 4 rings (SSSR count). The van der Waals surface area contributed by atoms with E-state index >= 15 is 0 Å². The fourth-order valence-electron chi connectivity index (χ4n) is 4.44. The molecular weight excluding hydrogens is 365 g/mol. The van der Waals surface area contributed by atoms with Crippen molar-refractivity contribution in [3.05, 3.63) is 65.2 Å². The van der Waals surface area contributed by atoms with Crippen LogP contribution in [0.4, 0.5) is 18.9 Å². The fraction of sp³-hybridized carbons (Fsp3) is 0.409. The van der Waals surface area contributed by atoms with Gasteiger partial charge in [0, 0.05) is 24.8 Å². The minimum absolute atomic E-state index is 0.0498. The summed E-state index contributed by atoms with van der Waals surface area (Å²) in [4.78, 5) is 15.1. The molecule has 0 bridgehead atoms. The van der Waals surface area contributed by atoms with Crippen molar-refractivity contribution in [3.8, 4) is 0 Å². The molecule has 6 heteroatoms. The van der Waals surface area contributed by atoms with Gasteiger partial charge in [-0.05, 0) is 55.0 Å². The van der Waals surface area contributed by atoms with Crippen molar-refractivity contribution in [2.75, 3.05) is 11.4 Å². The summed E-state index contributed by atoms with van der Waals surface area (Å²) < 4.78 is 39.5. The van der Waals surface area contributed by atoms with Crippen molar-refractivity contribution >= 4 is 11.6 Å². The quantitative estimate of drug-likeness (QED) is 0.837. The predicted molar refractivity (Wildman–Crippen MR) is 102 cm³/mol. The number of carbonyl (C=O) groups is 1. The van der Waals surface area contributed by atoms with Crippen LogP contribution in [0.25, 0.3) is 0 Å². The van der Waals surface area contributed by atoms with Gasteiger partial charge in [-0.2, -0.15) is 13.2 Å². The molecule has 3 nitrogen and oxygen atoms in total. The Morgan fingerprint density at radius 1 is 1.11 bits per heavy atom. The Hall–Kier alpha value is -2.50. The molecule has 1 N–H and O–H groups in total. The minimum Gasteiger partial charge on any atom is -0.368 e. The second kappa shape index (κ2) is 7.49. The van der Waals surface area contributed by atoms with Crippen LogP contribution in [-0.2, 0) is 23.9 Å². The summed E-state index contributed by atoms with van der Waals surface area (Å²) in [5.41, 5.74) is 1.83. The molecule has 0 aromatic heterocycles. The molecule has 0 radical (unpaired) electrons. The van der Waals surface area contributed by atoms with Gasteiger partial charge >= 0.3 is 6.18 Å². The average Bonchev–Trinajstić information content (AvgIpc) is 2.71. The number of hydrogen-bond donors (Lipinski definition) is 1. The van der Waals surface area contributed by atoms with Crippen LogP contribution in [0.5, 0.6) is 0 Å². The van der Waals surface area contributed by atoms with Crippen LogP contribution >= 0.6 is 0 Å². The zero-order chi connectivity index (χ0) is 19.7. The number of piperidine rings is 1. The van der Waals surface area contributed by atoms with E-state index in [1.165, 1.54) is 6.07 Å². The number of rotatable bonds is 3. The molecule has 2 aromatic carbocycles. The number of hydrogen-bond acceptors (Lipinski definition) is 2. The zero-order valence-corrected chi connectivity index (χ0v) is 15.5. The molecular formula is C22H23F3N2O. The first kappa shape index (κ1) is 18.8. The number of halogens is 3. The van der Waals surface area contributed by atoms with E-state index in [9.17, 15) is 18.0 Å². The molecule has 1 fully saturated rings. The third-order valence-corrected chi connectivity index (χ3v) is 5.82. The lowest BCUT2D eigenvalue weighted by Crippen LogP contribution is -2.53. The van der Waals surface area contributed by atoms with E-state index in [0.717, 1.165) is 43.1 Å². The van der Waals surface area contributed by atoms with E-state index in [1.807, 2.05) is 30.3 Å². The Morgan fingerprint density at radius 3 is 2.64 bits per heavy atom. The Labute approximate surface area is 162 Å². The van der Waals surface area contributed by atoms with Crippen LogP contribution < -0.4 is 10.2 Å². The number of amides is 1. The maximum atomic E-state index is 13.2. The van der Waals surface area contributed by atoms with E-state index in [2.05, 4.69) is 10.2 Å². The molecule has 28 heavy (non-hydrogen) atoms. The molecule has 0 unspecified atom stereocenters. The first-order chi connectivity index (χ1) is 13.4. The van der Waals surface area contributed by atoms with Crippen LogP contribution in [-0.4, -0.2) is 18.5 Å². The first-order valence-corrected chi connectivity index (χ1v) is 9.72. The second-order valence-electron chi connectivity index (χ2n) is 7.61. The first-order valence-electron chi connectivity index (χ1n) is 9.72. The van der Waals surface area contributed by atoms with Crippen LogP contribution in [0.2, 0.25) is 0 Å². The normalized spacial score (nSPS) is 21.6. The van der Waals surface area contributed by atoms with Crippen molar-refractivity contribution in [2.24, 2.45) is 5.92 Å². The zero-order valence-electron chi connectivity index (χ0n) is 15.5. The summed E-state index contributed by atoms with van der Waals surface area (Å²) in [5, 5.41) is 2.99. The second-order valence-corrected chi connectivity index (χ2v) is 7.61. The highest BCUT2D eigenvalue weighted by atomic mass is 19.4. The number of alkyl halides is 3. The van der Waals surface area contributed by atoms with E-state index in [-0.39, 0.29) is 17.9 Å². The molecule has 2 aliphatic heterocycles. The summed E-state index contributed by atoms with van der Waals surface area (Å²) in [6.07, 6.45) is -1.10. The van der Waals surface area contributed by atoms with Crippen molar-refractivity contribution in [2.45, 2.75) is 44.4 Å². The molecule has 148 valence electrons. The van der Waals surface area contributed by atoms with E-state index in [0.29, 0.717) is 18.5 Å². The van der Waals surface area contributed by atoms with Gasteiger partial charge < -0.3 is 10.2 Å². The van der Waals surface area contributed by atoms with Gasteiger partial charge in [0.2, 0.25) is 5.91 Å². The maximum absolute atomic E-state index is 13.2. The summed E-state index contributed by atoms with van der Waals surface area (Å²) in [7, 11) is 0. The number of fused-ring (bicyclic) bond motifs is 3. The molecule has 1 amide bonds. The van der Waals surface area contributed by atoms with Gasteiger partial charge in [0.05, 0.1) is 11.5 Å². The summed E-state index contributed by atoms with van der Waals surface area (Å²) in [5.74, 6) is -0.413. The monoisotopic (exact) mass is 388 g/mol. The van der Waals surface area contributed by atoms with E-state index < -0.39 is 11.7 Å². The SMILES string of the molecule is O=C(NCc1ccccc1)[C@H]1Cc2cc(C(F)(F)F)ccc2N2CCCC[C@@H]12. The Morgan fingerprint density at radius 2 is 1.89 bits per heavy atom. The largest absolute Gasteiger partial charge is 0.416 e. The highest BCUT2D eigenvalue weighted by molar-refractivity contribution is 5.82. The standard InChI is InChI=1S/C22H23F3N2O/c23-22(24,25)17-9-10-19-16(12-17)13-18(20-8-4-5-11-27(19)20)21(28)26-14-15-6-2-1-3-7-15/h1-3,6-7,9-10,12,18,20H,4-5,8,11,13-14H2,(H,26,28)/t18-,20-/m0/s1. The molecule has 2 aliphatic rings. The third kappa shape index (κ3) is 3.73. The summed E-state index contributed by atoms with van der Waals surface area (Å²) in [6.45, 7) is 1.21. The van der Waals surface area contributed by atoms with Gasteiger partial charge in [-0.1, -0.05) is 30.3 Å². The number of nitrogens with zero attached hydrogens (tertiary/aromatic N) is 1. The van der Waals surface area contributed by atoms with Gasteiger partial charge in [-0.25, -0.2) is 0 Å². The van der Waals surface area contributed by atoms with Crippen LogP contribution in [0.3, 0.4) is 0 Å². The number of anilines is 1. The molecule has 2 aromatic rings. The highest BCUT2D eigenvalue weighted by Gasteiger charge is 2.40. The fourth-order valence-corrected chi connectivity index (χ4v) is 4.44. The van der Waals surface area contributed by atoms with Crippen molar-refractivity contribution in [1.29, 1.82) is 0 Å². The summed E-state index contributed by atoms with van der Waals surface area (Å²) >= 11 is 0. The van der Waals surface area contributed by atoms with Gasteiger partial charge in [-0.3, -0.25) is 4.79 Å².